The molecule has 5 nitrogen and oxygen atoms in total. The molecule has 0 atom stereocenters. The van der Waals surface area contributed by atoms with E-state index < -0.39 is 5.91 Å². The highest BCUT2D eigenvalue weighted by Gasteiger charge is 2.15. The van der Waals surface area contributed by atoms with Gasteiger partial charge in [-0.3, -0.25) is 9.59 Å². The first-order chi connectivity index (χ1) is 13.5. The lowest BCUT2D eigenvalue weighted by atomic mass is 10.2. The molecule has 1 aromatic heterocycles. The van der Waals surface area contributed by atoms with Gasteiger partial charge in [-0.2, -0.15) is 0 Å². The van der Waals surface area contributed by atoms with Crippen LogP contribution in [0.2, 0.25) is 5.02 Å². The van der Waals surface area contributed by atoms with Gasteiger partial charge in [0.1, 0.15) is 5.76 Å². The van der Waals surface area contributed by atoms with Gasteiger partial charge in [0, 0.05) is 22.1 Å². The summed E-state index contributed by atoms with van der Waals surface area (Å²) in [6.45, 7) is 1.93. The molecule has 3 aromatic rings. The van der Waals surface area contributed by atoms with Crippen molar-refractivity contribution < 1.29 is 14.0 Å². The summed E-state index contributed by atoms with van der Waals surface area (Å²) in [5.74, 6) is 0.230. The van der Waals surface area contributed by atoms with Crippen LogP contribution in [-0.2, 0) is 4.79 Å². The Bertz CT molecular complexity index is 999. The third-order valence-electron chi connectivity index (χ3n) is 3.93. The normalized spacial score (nSPS) is 10.5. The number of anilines is 2. The van der Waals surface area contributed by atoms with Crippen LogP contribution in [0.1, 0.15) is 30.3 Å². The highest BCUT2D eigenvalue weighted by atomic mass is 79.9. The van der Waals surface area contributed by atoms with Crippen molar-refractivity contribution in [2.75, 3.05) is 10.6 Å². The Labute approximate surface area is 176 Å². The molecule has 2 N–H and O–H groups in total. The second kappa shape index (κ2) is 9.08. The quantitative estimate of drug-likeness (QED) is 0.449. The standard InChI is InChI=1S/C21H18BrClN2O3/c1-2-3-20(26)24-15-8-9-16(23)17(12-15)25-21(27)19-11-10-18(28-19)13-4-6-14(22)7-5-13/h4-12H,2-3H2,1H3,(H,24,26)(H,25,27). The summed E-state index contributed by atoms with van der Waals surface area (Å²) < 4.78 is 6.63. The van der Waals surface area contributed by atoms with Crippen LogP contribution in [0.5, 0.6) is 0 Å². The number of rotatable bonds is 6. The Morgan fingerprint density at radius 3 is 2.50 bits per heavy atom. The van der Waals surface area contributed by atoms with Crippen LogP contribution < -0.4 is 10.6 Å². The summed E-state index contributed by atoms with van der Waals surface area (Å²) in [6, 6.07) is 15.8. The number of nitrogens with one attached hydrogen (secondary N) is 2. The summed E-state index contributed by atoms with van der Waals surface area (Å²) in [6.07, 6.45) is 1.18. The van der Waals surface area contributed by atoms with Crippen LogP contribution in [0.25, 0.3) is 11.3 Å². The fourth-order valence-corrected chi connectivity index (χ4v) is 2.99. The Morgan fingerprint density at radius 2 is 1.79 bits per heavy atom. The van der Waals surface area contributed by atoms with Gasteiger partial charge in [-0.05, 0) is 48.9 Å². The molecule has 7 heteroatoms. The molecule has 0 aliphatic carbocycles. The Kier molecular flexibility index (Phi) is 6.54. The molecule has 0 fully saturated rings. The molecular formula is C21H18BrClN2O3. The Morgan fingerprint density at radius 1 is 1.04 bits per heavy atom. The lowest BCUT2D eigenvalue weighted by molar-refractivity contribution is -0.116. The van der Waals surface area contributed by atoms with Crippen LogP contribution in [-0.4, -0.2) is 11.8 Å². The van der Waals surface area contributed by atoms with Crippen molar-refractivity contribution in [1.82, 2.24) is 0 Å². The largest absolute Gasteiger partial charge is 0.451 e. The molecule has 0 bridgehead atoms. The summed E-state index contributed by atoms with van der Waals surface area (Å²) in [5.41, 5.74) is 1.82. The minimum atomic E-state index is -0.428. The van der Waals surface area contributed by atoms with E-state index in [0.717, 1.165) is 16.5 Å². The molecule has 0 radical (unpaired) electrons. The van der Waals surface area contributed by atoms with Crippen molar-refractivity contribution in [3.8, 4) is 11.3 Å². The van der Waals surface area contributed by atoms with Gasteiger partial charge in [0.2, 0.25) is 5.91 Å². The molecule has 0 aliphatic rings. The molecule has 0 saturated heterocycles. The number of carbonyl (C=O) groups excluding carboxylic acids is 2. The molecule has 2 amide bonds. The fraction of sp³-hybridized carbons (Fsp3) is 0.143. The Balaban J connectivity index is 1.74. The van der Waals surface area contributed by atoms with E-state index in [-0.39, 0.29) is 11.7 Å². The molecule has 0 saturated carbocycles. The second-order valence-corrected chi connectivity index (χ2v) is 7.44. The maximum absolute atomic E-state index is 12.5. The molecule has 1 heterocycles. The molecule has 144 valence electrons. The SMILES string of the molecule is CCCC(=O)Nc1ccc(Cl)c(NC(=O)c2ccc(-c3ccc(Br)cc3)o2)c1. The van der Waals surface area contributed by atoms with Crippen molar-refractivity contribution in [2.45, 2.75) is 19.8 Å². The molecule has 0 unspecified atom stereocenters. The zero-order valence-electron chi connectivity index (χ0n) is 15.1. The molecule has 28 heavy (non-hydrogen) atoms. The van der Waals surface area contributed by atoms with Crippen molar-refractivity contribution >= 4 is 50.7 Å². The lowest BCUT2D eigenvalue weighted by Gasteiger charge is -2.10. The number of amides is 2. The number of benzene rings is 2. The van der Waals surface area contributed by atoms with E-state index in [4.69, 9.17) is 16.0 Å². The van der Waals surface area contributed by atoms with Crippen molar-refractivity contribution in [3.63, 3.8) is 0 Å². The minimum absolute atomic E-state index is 0.0905. The van der Waals surface area contributed by atoms with E-state index in [1.54, 1.807) is 30.3 Å². The van der Waals surface area contributed by atoms with Crippen molar-refractivity contribution in [3.05, 3.63) is 69.9 Å². The van der Waals surface area contributed by atoms with Crippen LogP contribution in [0.15, 0.2) is 63.5 Å². The zero-order valence-corrected chi connectivity index (χ0v) is 17.4. The zero-order chi connectivity index (χ0) is 20.1. The molecule has 2 aromatic carbocycles. The number of carbonyl (C=O) groups is 2. The minimum Gasteiger partial charge on any atom is -0.451 e. The van der Waals surface area contributed by atoms with Gasteiger partial charge in [0.05, 0.1) is 10.7 Å². The highest BCUT2D eigenvalue weighted by molar-refractivity contribution is 9.10. The first-order valence-corrected chi connectivity index (χ1v) is 9.90. The topological polar surface area (TPSA) is 71.3 Å². The molecule has 3 rings (SSSR count). The number of hydrogen-bond donors (Lipinski definition) is 2. The van der Waals surface area contributed by atoms with Crippen LogP contribution in [0.4, 0.5) is 11.4 Å². The monoisotopic (exact) mass is 460 g/mol. The van der Waals surface area contributed by atoms with Crippen LogP contribution in [0.3, 0.4) is 0 Å². The summed E-state index contributed by atoms with van der Waals surface area (Å²) in [4.78, 5) is 24.3. The fourth-order valence-electron chi connectivity index (χ4n) is 2.56. The van der Waals surface area contributed by atoms with Gasteiger partial charge in [-0.25, -0.2) is 0 Å². The third kappa shape index (κ3) is 5.03. The first-order valence-electron chi connectivity index (χ1n) is 8.73. The van der Waals surface area contributed by atoms with Crippen molar-refractivity contribution in [1.29, 1.82) is 0 Å². The average Bonchev–Trinajstić information content (AvgIpc) is 3.15. The van der Waals surface area contributed by atoms with E-state index in [2.05, 4.69) is 26.6 Å². The van der Waals surface area contributed by atoms with Crippen molar-refractivity contribution in [2.24, 2.45) is 0 Å². The van der Waals surface area contributed by atoms with Gasteiger partial charge in [0.25, 0.3) is 5.91 Å². The van der Waals surface area contributed by atoms with Crippen LogP contribution >= 0.6 is 27.5 Å². The molecule has 0 aliphatic heterocycles. The van der Waals surface area contributed by atoms with Gasteiger partial charge in [-0.15, -0.1) is 0 Å². The summed E-state index contributed by atoms with van der Waals surface area (Å²) in [5, 5.41) is 5.86. The number of halogens is 2. The van der Waals surface area contributed by atoms with Crippen LogP contribution in [0, 0.1) is 0 Å². The average molecular weight is 462 g/mol. The smallest absolute Gasteiger partial charge is 0.291 e. The predicted molar refractivity (Wildman–Crippen MR) is 115 cm³/mol. The molecular weight excluding hydrogens is 444 g/mol. The maximum atomic E-state index is 12.5. The van der Waals surface area contributed by atoms with Gasteiger partial charge < -0.3 is 15.1 Å². The second-order valence-electron chi connectivity index (χ2n) is 6.12. The van der Waals surface area contributed by atoms with E-state index in [9.17, 15) is 9.59 Å². The Hall–Kier alpha value is -2.57. The first kappa shape index (κ1) is 20.2. The van der Waals surface area contributed by atoms with E-state index in [1.807, 2.05) is 31.2 Å². The lowest BCUT2D eigenvalue weighted by Crippen LogP contribution is -2.13. The van der Waals surface area contributed by atoms with Gasteiger partial charge in [-0.1, -0.05) is 46.6 Å². The summed E-state index contributed by atoms with van der Waals surface area (Å²) >= 11 is 9.56. The van der Waals surface area contributed by atoms with E-state index in [0.29, 0.717) is 28.6 Å². The molecule has 0 spiro atoms. The third-order valence-corrected chi connectivity index (χ3v) is 4.79. The van der Waals surface area contributed by atoms with E-state index >= 15 is 0 Å². The van der Waals surface area contributed by atoms with Gasteiger partial charge >= 0.3 is 0 Å². The summed E-state index contributed by atoms with van der Waals surface area (Å²) in [7, 11) is 0. The number of furan rings is 1. The van der Waals surface area contributed by atoms with E-state index in [1.165, 1.54) is 0 Å². The highest BCUT2D eigenvalue weighted by Crippen LogP contribution is 2.28. The van der Waals surface area contributed by atoms with Gasteiger partial charge in [0.15, 0.2) is 5.76 Å². The predicted octanol–water partition coefficient (Wildman–Crippen LogP) is 6.35. The maximum Gasteiger partial charge on any atom is 0.291 e. The number of hydrogen-bond acceptors (Lipinski definition) is 3.